The molecule has 292 valence electrons. The number of benzene rings is 5. The molecule has 1 aliphatic rings. The van der Waals surface area contributed by atoms with Crippen LogP contribution in [0.15, 0.2) is 162 Å². The highest BCUT2D eigenvalue weighted by Gasteiger charge is 2.32. The molecule has 2 heterocycles. The molecule has 1 amide bonds. The molecule has 3 N–H and O–H groups in total. The van der Waals surface area contributed by atoms with Crippen LogP contribution in [0.3, 0.4) is 0 Å². The molecule has 1 fully saturated rings. The van der Waals surface area contributed by atoms with E-state index >= 15 is 0 Å². The molecule has 1 aromatic heterocycles. The number of hydrogen-bond donors (Lipinski definition) is 3. The van der Waals surface area contributed by atoms with Gasteiger partial charge < -0.3 is 19.9 Å². The second-order valence-electron chi connectivity index (χ2n) is 14.0. The monoisotopic (exact) mass is 799 g/mol. The van der Waals surface area contributed by atoms with Gasteiger partial charge in [0.25, 0.3) is 0 Å². The number of carbonyl (C=O) groups is 1. The minimum Gasteiger partial charge on any atom is -0.392 e. The first-order valence-corrected chi connectivity index (χ1v) is 21.3. The lowest BCUT2D eigenvalue weighted by molar-refractivity contribution is -0.245. The fourth-order valence-corrected chi connectivity index (χ4v) is 8.80. The summed E-state index contributed by atoms with van der Waals surface area (Å²) in [6.07, 6.45) is 1.73. The number of nitrogens with one attached hydrogen (secondary N) is 2. The molecule has 0 saturated carbocycles. The minimum atomic E-state index is -3.98. The third kappa shape index (κ3) is 10.6. The van der Waals surface area contributed by atoms with E-state index in [9.17, 15) is 18.3 Å². The number of pyridine rings is 1. The Hall–Kier alpha value is -5.14. The molecule has 57 heavy (non-hydrogen) atoms. The minimum absolute atomic E-state index is 0.0203. The molecular formula is C46H45N3O6S2. The molecule has 1 saturated heterocycles. The Morgan fingerprint density at radius 1 is 0.807 bits per heavy atom. The second kappa shape index (κ2) is 18.9. The van der Waals surface area contributed by atoms with Gasteiger partial charge in [-0.25, -0.2) is 13.4 Å². The highest BCUT2D eigenvalue weighted by molar-refractivity contribution is 7.99. The van der Waals surface area contributed by atoms with Gasteiger partial charge in [-0.1, -0.05) is 127 Å². The molecule has 0 bridgehead atoms. The van der Waals surface area contributed by atoms with Crippen molar-refractivity contribution in [2.75, 3.05) is 5.75 Å². The first-order chi connectivity index (χ1) is 27.7. The number of aliphatic hydroxyl groups is 1. The molecule has 0 unspecified atom stereocenters. The zero-order chi connectivity index (χ0) is 39.6. The number of aryl methyl sites for hydroxylation is 1. The number of amides is 1. The SMILES string of the molecule is Cc1ccc(S(=O)(=O)N[C@H](Cc2ccccc2)C(=O)NCc2ccccc2-c2ccc([C@H]3O[C@@H](CSc4ccccn4)C[C@@H](c4ccc(CO)cc4)O3)cc2)cc1. The number of aromatic nitrogens is 1. The maximum atomic E-state index is 13.8. The van der Waals surface area contributed by atoms with E-state index in [0.717, 1.165) is 49.5 Å². The lowest BCUT2D eigenvalue weighted by Gasteiger charge is -2.36. The number of thioether (sulfide) groups is 1. The van der Waals surface area contributed by atoms with Crippen LogP contribution in [-0.2, 0) is 43.9 Å². The van der Waals surface area contributed by atoms with Crippen molar-refractivity contribution >= 4 is 27.7 Å². The van der Waals surface area contributed by atoms with Crippen molar-refractivity contribution in [2.24, 2.45) is 0 Å². The number of carbonyl (C=O) groups excluding carboxylic acids is 1. The maximum Gasteiger partial charge on any atom is 0.241 e. The first-order valence-electron chi connectivity index (χ1n) is 18.9. The molecule has 5 aromatic carbocycles. The number of nitrogens with zero attached hydrogens (tertiary/aromatic N) is 1. The third-order valence-corrected chi connectivity index (χ3v) is 12.4. The number of sulfonamides is 1. The van der Waals surface area contributed by atoms with Crippen LogP contribution in [0.2, 0.25) is 0 Å². The van der Waals surface area contributed by atoms with E-state index in [1.165, 1.54) is 0 Å². The van der Waals surface area contributed by atoms with Crippen molar-refractivity contribution in [1.29, 1.82) is 0 Å². The van der Waals surface area contributed by atoms with E-state index in [1.54, 1.807) is 42.2 Å². The van der Waals surface area contributed by atoms with E-state index in [0.29, 0.717) is 12.2 Å². The van der Waals surface area contributed by atoms with Gasteiger partial charge in [-0.15, -0.1) is 11.8 Å². The highest BCUT2D eigenvalue weighted by atomic mass is 32.2. The molecule has 7 rings (SSSR count). The normalized spacial score (nSPS) is 17.5. The van der Waals surface area contributed by atoms with Gasteiger partial charge in [-0.2, -0.15) is 4.72 Å². The molecule has 0 radical (unpaired) electrons. The largest absolute Gasteiger partial charge is 0.392 e. The summed E-state index contributed by atoms with van der Waals surface area (Å²) in [6, 6.07) is 44.5. The Labute approximate surface area is 338 Å². The van der Waals surface area contributed by atoms with Crippen molar-refractivity contribution in [2.45, 2.75) is 67.4 Å². The summed E-state index contributed by atoms with van der Waals surface area (Å²) < 4.78 is 42.6. The van der Waals surface area contributed by atoms with Crippen LogP contribution in [0.5, 0.6) is 0 Å². The fraction of sp³-hybridized carbons (Fsp3) is 0.217. The lowest BCUT2D eigenvalue weighted by atomic mass is 9.97. The van der Waals surface area contributed by atoms with Crippen molar-refractivity contribution in [1.82, 2.24) is 15.0 Å². The number of hydrogen-bond acceptors (Lipinski definition) is 8. The topological polar surface area (TPSA) is 127 Å². The third-order valence-electron chi connectivity index (χ3n) is 9.86. The van der Waals surface area contributed by atoms with Gasteiger partial charge in [-0.3, -0.25) is 4.79 Å². The van der Waals surface area contributed by atoms with E-state index in [2.05, 4.69) is 15.0 Å². The smallest absolute Gasteiger partial charge is 0.241 e. The van der Waals surface area contributed by atoms with Gasteiger partial charge in [-0.05, 0) is 71.0 Å². The van der Waals surface area contributed by atoms with Crippen molar-refractivity contribution in [3.63, 3.8) is 0 Å². The fourth-order valence-electron chi connectivity index (χ4n) is 6.73. The summed E-state index contributed by atoms with van der Waals surface area (Å²) in [7, 11) is -3.98. The maximum absolute atomic E-state index is 13.8. The van der Waals surface area contributed by atoms with Crippen LogP contribution in [0.25, 0.3) is 11.1 Å². The van der Waals surface area contributed by atoms with E-state index in [4.69, 9.17) is 9.47 Å². The van der Waals surface area contributed by atoms with Crippen molar-refractivity contribution in [3.8, 4) is 11.1 Å². The second-order valence-corrected chi connectivity index (χ2v) is 16.8. The average molecular weight is 800 g/mol. The molecule has 9 nitrogen and oxygen atoms in total. The quantitative estimate of drug-likeness (QED) is 0.0891. The van der Waals surface area contributed by atoms with Crippen LogP contribution >= 0.6 is 11.8 Å². The molecule has 6 aromatic rings. The summed E-state index contributed by atoms with van der Waals surface area (Å²) >= 11 is 1.65. The van der Waals surface area contributed by atoms with Crippen LogP contribution in [-0.4, -0.2) is 42.3 Å². The van der Waals surface area contributed by atoms with E-state index in [1.807, 2.05) is 128 Å². The zero-order valence-electron chi connectivity index (χ0n) is 31.5. The molecule has 4 atom stereocenters. The molecule has 1 aliphatic heterocycles. The van der Waals surface area contributed by atoms with Gasteiger partial charge in [0.05, 0.1) is 28.7 Å². The zero-order valence-corrected chi connectivity index (χ0v) is 33.2. The predicted octanol–water partition coefficient (Wildman–Crippen LogP) is 8.09. The number of aliphatic hydroxyl groups excluding tert-OH is 1. The van der Waals surface area contributed by atoms with Crippen LogP contribution in [0.4, 0.5) is 0 Å². The van der Waals surface area contributed by atoms with Gasteiger partial charge in [0.1, 0.15) is 6.04 Å². The van der Waals surface area contributed by atoms with Gasteiger partial charge in [0, 0.05) is 30.5 Å². The summed E-state index contributed by atoms with van der Waals surface area (Å²) in [5.74, 6) is 0.279. The highest BCUT2D eigenvalue weighted by Crippen LogP contribution is 2.40. The summed E-state index contributed by atoms with van der Waals surface area (Å²) in [5.41, 5.74) is 7.26. The standard InChI is InChI=1S/C46H45N3O6S2/c1-32-14-24-40(25-15-32)57(52,53)49-42(27-33-9-3-2-4-10-33)45(51)48-29-38-11-5-6-12-41(38)35-20-22-37(23-21-35)46-54-39(31-56-44-13-7-8-26-47-44)28-43(55-46)36-18-16-34(30-50)17-19-36/h2-26,39,42-43,46,49-50H,27-31H2,1H3,(H,48,51)/t39-,42-,43+,46+/m1/s1. The first kappa shape index (κ1) is 40.1. The number of ether oxygens (including phenoxy) is 2. The van der Waals surface area contributed by atoms with Crippen LogP contribution in [0, 0.1) is 6.92 Å². The molecule has 0 spiro atoms. The summed E-state index contributed by atoms with van der Waals surface area (Å²) in [6.45, 7) is 2.06. The Kier molecular flexibility index (Phi) is 13.3. The Balaban J connectivity index is 1.06. The lowest BCUT2D eigenvalue weighted by Crippen LogP contribution is -2.47. The molecule has 0 aliphatic carbocycles. The predicted molar refractivity (Wildman–Crippen MR) is 223 cm³/mol. The molecule has 11 heteroatoms. The van der Waals surface area contributed by atoms with E-state index in [-0.39, 0.29) is 36.7 Å². The van der Waals surface area contributed by atoms with Gasteiger partial charge in [0.15, 0.2) is 6.29 Å². The number of rotatable bonds is 15. The van der Waals surface area contributed by atoms with Crippen LogP contribution in [0.1, 0.15) is 52.2 Å². The summed E-state index contributed by atoms with van der Waals surface area (Å²) in [4.78, 5) is 18.3. The summed E-state index contributed by atoms with van der Waals surface area (Å²) in [5, 5.41) is 13.5. The Morgan fingerprint density at radius 3 is 2.23 bits per heavy atom. The van der Waals surface area contributed by atoms with Crippen molar-refractivity contribution in [3.05, 3.63) is 185 Å². The Morgan fingerprint density at radius 2 is 1.51 bits per heavy atom. The van der Waals surface area contributed by atoms with Gasteiger partial charge in [0.2, 0.25) is 15.9 Å². The van der Waals surface area contributed by atoms with Gasteiger partial charge >= 0.3 is 0 Å². The molecular weight excluding hydrogens is 755 g/mol. The van der Waals surface area contributed by atoms with Crippen molar-refractivity contribution < 1.29 is 27.8 Å². The van der Waals surface area contributed by atoms with Crippen LogP contribution < -0.4 is 10.0 Å². The average Bonchev–Trinajstić information content (AvgIpc) is 3.25. The van der Waals surface area contributed by atoms with E-state index < -0.39 is 28.3 Å². The Bertz CT molecular complexity index is 2330.